The van der Waals surface area contributed by atoms with Crippen molar-refractivity contribution in [2.75, 3.05) is 6.54 Å². The maximum absolute atomic E-state index is 15.1. The average Bonchev–Trinajstić information content (AvgIpc) is 3.15. The van der Waals surface area contributed by atoms with Gasteiger partial charge in [0.25, 0.3) is 11.8 Å². The van der Waals surface area contributed by atoms with E-state index in [1.807, 2.05) is 49.5 Å². The predicted molar refractivity (Wildman–Crippen MR) is 148 cm³/mol. The molecule has 3 aromatic rings. The predicted octanol–water partition coefficient (Wildman–Crippen LogP) is 6.14. The Hall–Kier alpha value is -4.40. The third-order valence-corrected chi connectivity index (χ3v) is 6.88. The number of alkyl halides is 3. The summed E-state index contributed by atoms with van der Waals surface area (Å²) in [5.41, 5.74) is -3.71. The van der Waals surface area contributed by atoms with Crippen LogP contribution in [0.3, 0.4) is 0 Å². The van der Waals surface area contributed by atoms with E-state index in [0.29, 0.717) is 18.6 Å². The first-order valence-electron chi connectivity index (χ1n) is 13.3. The van der Waals surface area contributed by atoms with Crippen molar-refractivity contribution < 1.29 is 32.3 Å². The molecule has 4 rings (SSSR count). The average molecular weight is 565 g/mol. The van der Waals surface area contributed by atoms with Gasteiger partial charge in [0.05, 0.1) is 11.7 Å². The second-order valence-corrected chi connectivity index (χ2v) is 10.1. The molecular formula is C32H31F3N2O4. The Morgan fingerprint density at radius 1 is 0.902 bits per heavy atom. The van der Waals surface area contributed by atoms with Crippen LogP contribution in [-0.2, 0) is 11.2 Å². The molecule has 1 N–H and O–H groups in total. The van der Waals surface area contributed by atoms with Crippen LogP contribution in [0.5, 0.6) is 5.75 Å². The number of allylic oxidation sites excluding steroid dienone is 1. The molecular weight excluding hydrogens is 533 g/mol. The Balaban J connectivity index is 1.74. The van der Waals surface area contributed by atoms with Crippen LogP contribution >= 0.6 is 0 Å². The van der Waals surface area contributed by atoms with Gasteiger partial charge in [0.1, 0.15) is 5.75 Å². The van der Waals surface area contributed by atoms with Crippen LogP contribution < -0.4 is 10.1 Å². The zero-order chi connectivity index (χ0) is 29.8. The first-order valence-corrected chi connectivity index (χ1v) is 13.3. The van der Waals surface area contributed by atoms with Crippen molar-refractivity contribution >= 4 is 17.6 Å². The Kier molecular flexibility index (Phi) is 8.66. The molecule has 1 aliphatic heterocycles. The van der Waals surface area contributed by atoms with Gasteiger partial charge in [-0.1, -0.05) is 60.7 Å². The van der Waals surface area contributed by atoms with Crippen molar-refractivity contribution in [3.63, 3.8) is 0 Å². The molecule has 0 saturated heterocycles. The third kappa shape index (κ3) is 6.04. The zero-order valence-electron chi connectivity index (χ0n) is 23.0. The number of carbonyl (C=O) groups is 3. The number of rotatable bonds is 10. The van der Waals surface area contributed by atoms with Crippen LogP contribution in [0, 0.1) is 0 Å². The highest BCUT2D eigenvalue weighted by Crippen LogP contribution is 2.46. The van der Waals surface area contributed by atoms with E-state index in [4.69, 9.17) is 4.74 Å². The van der Waals surface area contributed by atoms with Crippen molar-refractivity contribution in [1.29, 1.82) is 0 Å². The minimum Gasteiger partial charge on any atom is -0.491 e. The van der Waals surface area contributed by atoms with Crippen LogP contribution in [0.4, 0.5) is 13.2 Å². The normalized spacial score (nSPS) is 17.2. The summed E-state index contributed by atoms with van der Waals surface area (Å²) in [5.74, 6) is -3.12. The molecule has 41 heavy (non-hydrogen) atoms. The third-order valence-electron chi connectivity index (χ3n) is 6.88. The topological polar surface area (TPSA) is 75.7 Å². The van der Waals surface area contributed by atoms with Gasteiger partial charge in [0.15, 0.2) is 5.78 Å². The minimum atomic E-state index is -5.32. The number of ether oxygens (including phenoxy) is 1. The highest BCUT2D eigenvalue weighted by Gasteiger charge is 2.70. The number of Topliss-reactive ketones (excluding diaryl/α,β-unsaturated/α-hetero) is 1. The summed E-state index contributed by atoms with van der Waals surface area (Å²) in [6.45, 7) is 4.87. The Bertz CT molecular complexity index is 1440. The van der Waals surface area contributed by atoms with Crippen molar-refractivity contribution in [2.24, 2.45) is 0 Å². The maximum atomic E-state index is 15.1. The molecule has 2 amide bonds. The van der Waals surface area contributed by atoms with E-state index in [0.717, 1.165) is 10.5 Å². The van der Waals surface area contributed by atoms with E-state index in [2.05, 4.69) is 0 Å². The van der Waals surface area contributed by atoms with E-state index in [9.17, 15) is 14.4 Å². The lowest BCUT2D eigenvalue weighted by Gasteiger charge is -2.33. The number of carbonyl (C=O) groups excluding carboxylic acids is 3. The first-order chi connectivity index (χ1) is 19.5. The summed E-state index contributed by atoms with van der Waals surface area (Å²) in [5, 5.41) is 1.95. The lowest BCUT2D eigenvalue weighted by Crippen LogP contribution is -2.66. The summed E-state index contributed by atoms with van der Waals surface area (Å²) < 4.78 is 51.0. The summed E-state index contributed by atoms with van der Waals surface area (Å²) in [4.78, 5) is 41.7. The molecule has 0 bridgehead atoms. The van der Waals surface area contributed by atoms with Gasteiger partial charge in [0.2, 0.25) is 5.54 Å². The number of hydrogen-bond donors (Lipinski definition) is 1. The second-order valence-electron chi connectivity index (χ2n) is 10.1. The Morgan fingerprint density at radius 2 is 1.49 bits per heavy atom. The van der Waals surface area contributed by atoms with Crippen LogP contribution in [-0.4, -0.2) is 46.9 Å². The number of aryl methyl sites for hydroxylation is 1. The van der Waals surface area contributed by atoms with Crippen molar-refractivity contribution in [2.45, 2.75) is 51.4 Å². The van der Waals surface area contributed by atoms with Gasteiger partial charge in [-0.15, -0.1) is 0 Å². The molecule has 0 unspecified atom stereocenters. The van der Waals surface area contributed by atoms with Crippen LogP contribution in [0.25, 0.3) is 0 Å². The molecule has 0 aliphatic carbocycles. The molecule has 1 aliphatic rings. The Morgan fingerprint density at radius 3 is 2.05 bits per heavy atom. The van der Waals surface area contributed by atoms with E-state index in [1.54, 1.807) is 6.07 Å². The van der Waals surface area contributed by atoms with Gasteiger partial charge < -0.3 is 15.0 Å². The first kappa shape index (κ1) is 29.6. The maximum Gasteiger partial charge on any atom is 0.425 e. The SMILES string of the molecule is CC1=C(C(=O)c2ccccc2)[C@@](NC(=O)c2ccc(OC(C)C)cc2)(C(F)(F)F)C(=O)N1CCCc1ccccc1. The number of halogens is 3. The van der Waals surface area contributed by atoms with Gasteiger partial charge in [-0.05, 0) is 63.4 Å². The molecule has 3 aromatic carbocycles. The number of benzene rings is 3. The van der Waals surface area contributed by atoms with Crippen molar-refractivity contribution in [3.05, 3.63) is 113 Å². The minimum absolute atomic E-state index is 0.0288. The van der Waals surface area contributed by atoms with Gasteiger partial charge in [-0.3, -0.25) is 14.4 Å². The lowest BCUT2D eigenvalue weighted by molar-refractivity contribution is -0.189. The second kappa shape index (κ2) is 12.0. The quantitative estimate of drug-likeness (QED) is 0.301. The van der Waals surface area contributed by atoms with E-state index >= 15 is 13.2 Å². The van der Waals surface area contributed by atoms with Gasteiger partial charge in [-0.2, -0.15) is 13.2 Å². The fraction of sp³-hybridized carbons (Fsp3) is 0.281. The van der Waals surface area contributed by atoms with E-state index in [-0.39, 0.29) is 29.5 Å². The van der Waals surface area contributed by atoms with Crippen molar-refractivity contribution in [1.82, 2.24) is 10.2 Å². The standard InChI is InChI=1S/C32H31F3N2O4/c1-21(2)41-26-18-16-25(17-19-26)29(39)36-31(32(33,34)35)27(28(38)24-14-8-5-9-15-24)22(3)37(30(31)40)20-10-13-23-11-6-4-7-12-23/h4-9,11-12,14-19,21H,10,13,20H2,1-3H3,(H,36,39)/t31-/m0/s1. The monoisotopic (exact) mass is 564 g/mol. The van der Waals surface area contributed by atoms with Gasteiger partial charge in [-0.25, -0.2) is 0 Å². The number of nitrogens with zero attached hydrogens (tertiary/aromatic N) is 1. The van der Waals surface area contributed by atoms with Crippen LogP contribution in [0.2, 0.25) is 0 Å². The molecule has 1 heterocycles. The fourth-order valence-corrected chi connectivity index (χ4v) is 4.94. The number of ketones is 1. The lowest BCUT2D eigenvalue weighted by atomic mass is 9.84. The number of nitrogens with one attached hydrogen (secondary N) is 1. The van der Waals surface area contributed by atoms with E-state index in [1.165, 1.54) is 55.5 Å². The molecule has 0 fully saturated rings. The molecule has 9 heteroatoms. The molecule has 0 radical (unpaired) electrons. The smallest absolute Gasteiger partial charge is 0.425 e. The Labute approximate surface area is 236 Å². The summed E-state index contributed by atoms with van der Waals surface area (Å²) in [6, 6.07) is 22.3. The molecule has 0 aromatic heterocycles. The van der Waals surface area contributed by atoms with E-state index < -0.39 is 34.9 Å². The summed E-state index contributed by atoms with van der Waals surface area (Å²) in [6.07, 6.45) is -4.61. The van der Waals surface area contributed by atoms with Crippen molar-refractivity contribution in [3.8, 4) is 5.75 Å². The highest BCUT2D eigenvalue weighted by molar-refractivity contribution is 6.19. The molecule has 0 spiro atoms. The fourth-order valence-electron chi connectivity index (χ4n) is 4.94. The van der Waals surface area contributed by atoms with Gasteiger partial charge in [0, 0.05) is 23.4 Å². The molecule has 0 saturated carbocycles. The largest absolute Gasteiger partial charge is 0.491 e. The highest BCUT2D eigenvalue weighted by atomic mass is 19.4. The summed E-state index contributed by atoms with van der Waals surface area (Å²) in [7, 11) is 0. The van der Waals surface area contributed by atoms with Crippen LogP contribution in [0.15, 0.2) is 96.2 Å². The van der Waals surface area contributed by atoms with Gasteiger partial charge >= 0.3 is 6.18 Å². The molecule has 6 nitrogen and oxygen atoms in total. The zero-order valence-corrected chi connectivity index (χ0v) is 23.0. The molecule has 1 atom stereocenters. The molecule has 214 valence electrons. The number of amides is 2. The van der Waals surface area contributed by atoms with Crippen LogP contribution in [0.1, 0.15) is 53.5 Å². The number of hydrogen-bond acceptors (Lipinski definition) is 4. The summed E-state index contributed by atoms with van der Waals surface area (Å²) >= 11 is 0.